The molecule has 0 aliphatic heterocycles. The number of hydrogen-bond donors (Lipinski definition) is 0. The van der Waals surface area contributed by atoms with E-state index in [4.69, 9.17) is 4.74 Å². The van der Waals surface area contributed by atoms with Crippen LogP contribution in [0.15, 0.2) is 48.8 Å². The minimum absolute atomic E-state index is 0.00928. The first-order chi connectivity index (χ1) is 10.1. The van der Waals surface area contributed by atoms with Crippen LogP contribution in [-0.2, 0) is 0 Å². The molecule has 0 aliphatic rings. The third-order valence-corrected chi connectivity index (χ3v) is 3.42. The van der Waals surface area contributed by atoms with Gasteiger partial charge in [-0.15, -0.1) is 0 Å². The van der Waals surface area contributed by atoms with Gasteiger partial charge in [-0.1, -0.05) is 24.3 Å². The van der Waals surface area contributed by atoms with Gasteiger partial charge in [-0.2, -0.15) is 0 Å². The van der Waals surface area contributed by atoms with Gasteiger partial charge in [0.05, 0.1) is 11.0 Å². The summed E-state index contributed by atoms with van der Waals surface area (Å²) in [5.74, 6) is 0.609. The van der Waals surface area contributed by atoms with Crippen molar-refractivity contribution in [2.24, 2.45) is 0 Å². The normalized spacial score (nSPS) is 10.8. The Morgan fingerprint density at radius 2 is 2.00 bits per heavy atom. The Labute approximate surface area is 123 Å². The lowest BCUT2D eigenvalue weighted by Gasteiger charge is -2.09. The van der Waals surface area contributed by atoms with Crippen molar-refractivity contribution in [3.05, 3.63) is 59.9 Å². The Kier molecular flexibility index (Phi) is 3.44. The van der Waals surface area contributed by atoms with Crippen molar-refractivity contribution in [1.82, 2.24) is 9.55 Å². The summed E-state index contributed by atoms with van der Waals surface area (Å²) in [6.45, 7) is 3.95. The molecule has 0 atom stereocenters. The third-order valence-electron chi connectivity index (χ3n) is 3.42. The zero-order valence-corrected chi connectivity index (χ0v) is 12.0. The molecule has 21 heavy (non-hydrogen) atoms. The lowest BCUT2D eigenvalue weighted by atomic mass is 10.1. The van der Waals surface area contributed by atoms with Gasteiger partial charge in [0.15, 0.2) is 6.61 Å². The monoisotopic (exact) mass is 280 g/mol. The highest BCUT2D eigenvalue weighted by atomic mass is 16.5. The van der Waals surface area contributed by atoms with Gasteiger partial charge in [0.1, 0.15) is 12.1 Å². The highest BCUT2D eigenvalue weighted by molar-refractivity contribution is 5.90. The molecule has 4 heteroatoms. The number of carbonyl (C=O) groups excluding carboxylic acids is 1. The van der Waals surface area contributed by atoms with Crippen LogP contribution in [0.2, 0.25) is 0 Å². The van der Waals surface area contributed by atoms with E-state index in [1.165, 1.54) is 4.57 Å². The van der Waals surface area contributed by atoms with Gasteiger partial charge >= 0.3 is 0 Å². The van der Waals surface area contributed by atoms with Crippen molar-refractivity contribution in [2.75, 3.05) is 6.61 Å². The maximum Gasteiger partial charge on any atom is 0.270 e. The number of carbonyl (C=O) groups is 1. The van der Waals surface area contributed by atoms with Crippen molar-refractivity contribution in [2.45, 2.75) is 13.8 Å². The molecule has 0 bridgehead atoms. The van der Waals surface area contributed by atoms with Crippen molar-refractivity contribution >= 4 is 16.9 Å². The predicted octanol–water partition coefficient (Wildman–Crippen LogP) is 3.37. The standard InChI is InChI=1S/C17H16N2O2/c1-12-7-8-13(2)16(9-12)21-10-17(20)19-11-18-14-5-3-4-6-15(14)19/h3-9,11H,10H2,1-2H3. The van der Waals surface area contributed by atoms with Crippen LogP contribution in [-0.4, -0.2) is 22.1 Å². The van der Waals surface area contributed by atoms with E-state index >= 15 is 0 Å². The average molecular weight is 280 g/mol. The fourth-order valence-electron chi connectivity index (χ4n) is 2.23. The summed E-state index contributed by atoms with van der Waals surface area (Å²) >= 11 is 0. The number of hydrogen-bond acceptors (Lipinski definition) is 3. The van der Waals surface area contributed by atoms with Crippen molar-refractivity contribution in [3.63, 3.8) is 0 Å². The maximum absolute atomic E-state index is 12.3. The first-order valence-corrected chi connectivity index (χ1v) is 6.80. The van der Waals surface area contributed by atoms with Crippen LogP contribution in [0.25, 0.3) is 11.0 Å². The van der Waals surface area contributed by atoms with Crippen LogP contribution in [0.1, 0.15) is 15.9 Å². The Hall–Kier alpha value is -2.62. The second-order valence-corrected chi connectivity index (χ2v) is 5.05. The van der Waals surface area contributed by atoms with E-state index < -0.39 is 0 Å². The summed E-state index contributed by atoms with van der Waals surface area (Å²) in [6, 6.07) is 13.5. The van der Waals surface area contributed by atoms with E-state index in [0.717, 1.165) is 27.9 Å². The molecule has 0 fully saturated rings. The van der Waals surface area contributed by atoms with Crippen LogP contribution >= 0.6 is 0 Å². The molecule has 0 saturated heterocycles. The molecule has 1 heterocycles. The van der Waals surface area contributed by atoms with E-state index in [1.807, 2.05) is 56.3 Å². The Bertz CT molecular complexity index is 805. The number of aryl methyl sites for hydroxylation is 2. The Morgan fingerprint density at radius 1 is 1.19 bits per heavy atom. The fourth-order valence-corrected chi connectivity index (χ4v) is 2.23. The number of rotatable bonds is 3. The summed E-state index contributed by atoms with van der Waals surface area (Å²) in [7, 11) is 0. The average Bonchev–Trinajstić information content (AvgIpc) is 2.92. The minimum atomic E-state index is -0.135. The smallest absolute Gasteiger partial charge is 0.270 e. The third kappa shape index (κ3) is 2.65. The minimum Gasteiger partial charge on any atom is -0.483 e. The number of para-hydroxylation sites is 2. The first kappa shape index (κ1) is 13.4. The van der Waals surface area contributed by atoms with Crippen LogP contribution < -0.4 is 4.74 Å². The lowest BCUT2D eigenvalue weighted by molar-refractivity contribution is 0.0842. The van der Waals surface area contributed by atoms with E-state index in [0.29, 0.717) is 0 Å². The maximum atomic E-state index is 12.3. The number of imidazole rings is 1. The number of fused-ring (bicyclic) bond motifs is 1. The van der Waals surface area contributed by atoms with Crippen molar-refractivity contribution in [1.29, 1.82) is 0 Å². The van der Waals surface area contributed by atoms with Crippen molar-refractivity contribution in [3.8, 4) is 5.75 Å². The van der Waals surface area contributed by atoms with Gasteiger partial charge in [0, 0.05) is 0 Å². The predicted molar refractivity (Wildman–Crippen MR) is 81.8 cm³/mol. The molecule has 0 radical (unpaired) electrons. The molecule has 106 valence electrons. The number of nitrogens with zero attached hydrogens (tertiary/aromatic N) is 2. The highest BCUT2D eigenvalue weighted by Gasteiger charge is 2.11. The molecular weight excluding hydrogens is 264 g/mol. The zero-order chi connectivity index (χ0) is 14.8. The molecule has 0 unspecified atom stereocenters. The van der Waals surface area contributed by atoms with Crippen molar-refractivity contribution < 1.29 is 9.53 Å². The lowest BCUT2D eigenvalue weighted by Crippen LogP contribution is -2.18. The van der Waals surface area contributed by atoms with E-state index in [1.54, 1.807) is 6.33 Å². The van der Waals surface area contributed by atoms with Crippen LogP contribution in [0, 0.1) is 13.8 Å². The summed E-state index contributed by atoms with van der Waals surface area (Å²) in [4.78, 5) is 16.5. The van der Waals surface area contributed by atoms with Crippen LogP contribution in [0.4, 0.5) is 0 Å². The topological polar surface area (TPSA) is 44.1 Å². The number of aromatic nitrogens is 2. The molecule has 2 aromatic carbocycles. The molecule has 1 aromatic heterocycles. The first-order valence-electron chi connectivity index (χ1n) is 6.80. The van der Waals surface area contributed by atoms with E-state index in [9.17, 15) is 4.79 Å². The Morgan fingerprint density at radius 3 is 2.86 bits per heavy atom. The van der Waals surface area contributed by atoms with Gasteiger partial charge in [0.2, 0.25) is 0 Å². The van der Waals surface area contributed by atoms with Gasteiger partial charge in [-0.3, -0.25) is 9.36 Å². The molecule has 0 spiro atoms. The van der Waals surface area contributed by atoms with Gasteiger partial charge < -0.3 is 4.74 Å². The number of ether oxygens (including phenoxy) is 1. The quantitative estimate of drug-likeness (QED) is 0.738. The van der Waals surface area contributed by atoms with E-state index in [2.05, 4.69) is 4.98 Å². The molecule has 3 rings (SSSR count). The van der Waals surface area contributed by atoms with Gasteiger partial charge in [-0.05, 0) is 43.2 Å². The highest BCUT2D eigenvalue weighted by Crippen LogP contribution is 2.19. The number of benzene rings is 2. The van der Waals surface area contributed by atoms with Gasteiger partial charge in [0.25, 0.3) is 5.91 Å². The molecule has 0 amide bonds. The molecule has 0 N–H and O–H groups in total. The summed E-state index contributed by atoms with van der Waals surface area (Å²) in [6.07, 6.45) is 1.54. The SMILES string of the molecule is Cc1ccc(C)c(OCC(=O)n2cnc3ccccc32)c1. The molecule has 4 nitrogen and oxygen atoms in total. The summed E-state index contributed by atoms with van der Waals surface area (Å²) in [5, 5.41) is 0. The fraction of sp³-hybridized carbons (Fsp3) is 0.176. The summed E-state index contributed by atoms with van der Waals surface area (Å²) in [5.41, 5.74) is 3.73. The molecule has 3 aromatic rings. The molecular formula is C17H16N2O2. The second kappa shape index (κ2) is 5.40. The van der Waals surface area contributed by atoms with Crippen LogP contribution in [0.5, 0.6) is 5.75 Å². The van der Waals surface area contributed by atoms with E-state index in [-0.39, 0.29) is 12.5 Å². The molecule has 0 aliphatic carbocycles. The largest absolute Gasteiger partial charge is 0.483 e. The second-order valence-electron chi connectivity index (χ2n) is 5.05. The zero-order valence-electron chi connectivity index (χ0n) is 12.0. The summed E-state index contributed by atoms with van der Waals surface area (Å²) < 4.78 is 7.18. The molecule has 0 saturated carbocycles. The Balaban J connectivity index is 1.79. The van der Waals surface area contributed by atoms with Gasteiger partial charge in [-0.25, -0.2) is 4.98 Å². The van der Waals surface area contributed by atoms with Crippen LogP contribution in [0.3, 0.4) is 0 Å².